The van der Waals surface area contributed by atoms with Crippen LogP contribution in [0.5, 0.6) is 0 Å². The normalized spacial score (nSPS) is 17.3. The summed E-state index contributed by atoms with van der Waals surface area (Å²) >= 11 is 0. The Balaban J connectivity index is 1.89. The fourth-order valence-corrected chi connectivity index (χ4v) is 2.28. The zero-order valence-corrected chi connectivity index (χ0v) is 11.1. The van der Waals surface area contributed by atoms with Crippen LogP contribution in [0.3, 0.4) is 0 Å². The fourth-order valence-electron chi connectivity index (χ4n) is 2.28. The number of rotatable bonds is 5. The lowest BCUT2D eigenvalue weighted by Gasteiger charge is -2.28. The van der Waals surface area contributed by atoms with Gasteiger partial charge in [-0.25, -0.2) is 0 Å². The van der Waals surface area contributed by atoms with E-state index in [-0.39, 0.29) is 11.4 Å². The van der Waals surface area contributed by atoms with Gasteiger partial charge in [0.2, 0.25) is 5.91 Å². The van der Waals surface area contributed by atoms with Crippen molar-refractivity contribution in [3.8, 4) is 0 Å². The molecule has 0 unspecified atom stereocenters. The van der Waals surface area contributed by atoms with Gasteiger partial charge in [-0.2, -0.15) is 0 Å². The van der Waals surface area contributed by atoms with Crippen molar-refractivity contribution in [2.45, 2.75) is 44.7 Å². The fraction of sp³-hybridized carbons (Fsp3) is 0.533. The minimum atomic E-state index is -0.467. The van der Waals surface area contributed by atoms with Gasteiger partial charge >= 0.3 is 0 Å². The van der Waals surface area contributed by atoms with E-state index in [4.69, 9.17) is 5.73 Å². The van der Waals surface area contributed by atoms with Gasteiger partial charge in [-0.3, -0.25) is 4.79 Å². The Hall–Kier alpha value is -1.35. The molecule has 3 heteroatoms. The van der Waals surface area contributed by atoms with Crippen molar-refractivity contribution in [3.63, 3.8) is 0 Å². The number of carbonyl (C=O) groups excluding carboxylic acids is 1. The Bertz CT molecular complexity index is 410. The molecule has 0 bridgehead atoms. The van der Waals surface area contributed by atoms with Gasteiger partial charge < -0.3 is 11.1 Å². The summed E-state index contributed by atoms with van der Waals surface area (Å²) in [4.78, 5) is 12.1. The van der Waals surface area contributed by atoms with Gasteiger partial charge in [0.05, 0.1) is 6.04 Å². The number of hydrogen-bond acceptors (Lipinski definition) is 2. The zero-order chi connectivity index (χ0) is 13.2. The minimum absolute atomic E-state index is 0.0456. The second-order valence-electron chi connectivity index (χ2n) is 5.78. The molecule has 0 aliphatic heterocycles. The van der Waals surface area contributed by atoms with Crippen molar-refractivity contribution >= 4 is 5.91 Å². The standard InChI is InChI=1S/C15H22N2O/c1-15(2,12-8-9-12)17-14(18)13(16)10-11-6-4-3-5-7-11/h3-7,12-13H,8-10,16H2,1-2H3,(H,17,18)/t13-/m0/s1. The first-order chi connectivity index (χ1) is 8.49. The van der Waals surface area contributed by atoms with E-state index in [1.165, 1.54) is 12.8 Å². The van der Waals surface area contributed by atoms with E-state index >= 15 is 0 Å². The molecular formula is C15H22N2O. The highest BCUT2D eigenvalue weighted by Gasteiger charge is 2.39. The largest absolute Gasteiger partial charge is 0.350 e. The van der Waals surface area contributed by atoms with Crippen molar-refractivity contribution in [2.24, 2.45) is 11.7 Å². The van der Waals surface area contributed by atoms with Crippen LogP contribution in [0.25, 0.3) is 0 Å². The Morgan fingerprint density at radius 3 is 2.56 bits per heavy atom. The quantitative estimate of drug-likeness (QED) is 0.833. The number of nitrogens with two attached hydrogens (primary N) is 1. The molecule has 0 saturated heterocycles. The van der Waals surface area contributed by atoms with Gasteiger partial charge in [-0.15, -0.1) is 0 Å². The molecule has 0 radical (unpaired) electrons. The van der Waals surface area contributed by atoms with Crippen LogP contribution in [-0.2, 0) is 11.2 Å². The Labute approximate surface area is 109 Å². The van der Waals surface area contributed by atoms with Crippen LogP contribution < -0.4 is 11.1 Å². The first-order valence-electron chi connectivity index (χ1n) is 6.60. The highest BCUT2D eigenvalue weighted by molar-refractivity contribution is 5.82. The summed E-state index contributed by atoms with van der Waals surface area (Å²) in [5.74, 6) is 0.570. The molecule has 0 heterocycles. The molecule has 18 heavy (non-hydrogen) atoms. The first-order valence-corrected chi connectivity index (χ1v) is 6.60. The van der Waals surface area contributed by atoms with Crippen LogP contribution in [0.1, 0.15) is 32.3 Å². The topological polar surface area (TPSA) is 55.1 Å². The second-order valence-corrected chi connectivity index (χ2v) is 5.78. The van der Waals surface area contributed by atoms with Crippen molar-refractivity contribution < 1.29 is 4.79 Å². The van der Waals surface area contributed by atoms with E-state index in [0.29, 0.717) is 12.3 Å². The molecule has 0 spiro atoms. The Morgan fingerprint density at radius 1 is 1.39 bits per heavy atom. The molecular weight excluding hydrogens is 224 g/mol. The van der Waals surface area contributed by atoms with Crippen LogP contribution in [-0.4, -0.2) is 17.5 Å². The highest BCUT2D eigenvalue weighted by Crippen LogP contribution is 2.39. The molecule has 0 aromatic heterocycles. The number of amides is 1. The van der Waals surface area contributed by atoms with Gasteiger partial charge in [-0.1, -0.05) is 30.3 Å². The summed E-state index contributed by atoms with van der Waals surface area (Å²) in [7, 11) is 0. The van der Waals surface area contributed by atoms with Gasteiger partial charge in [0.25, 0.3) is 0 Å². The molecule has 2 rings (SSSR count). The van der Waals surface area contributed by atoms with Gasteiger partial charge in [-0.05, 0) is 44.6 Å². The number of benzene rings is 1. The van der Waals surface area contributed by atoms with Crippen LogP contribution in [0.4, 0.5) is 0 Å². The maximum absolute atomic E-state index is 12.1. The zero-order valence-electron chi connectivity index (χ0n) is 11.1. The van der Waals surface area contributed by atoms with Crippen LogP contribution in [0.15, 0.2) is 30.3 Å². The van der Waals surface area contributed by atoms with E-state index in [9.17, 15) is 4.79 Å². The summed E-state index contributed by atoms with van der Waals surface area (Å²) in [6, 6.07) is 9.43. The van der Waals surface area contributed by atoms with Crippen molar-refractivity contribution in [1.29, 1.82) is 0 Å². The van der Waals surface area contributed by atoms with Crippen molar-refractivity contribution in [3.05, 3.63) is 35.9 Å². The second kappa shape index (κ2) is 5.11. The number of hydrogen-bond donors (Lipinski definition) is 2. The number of carbonyl (C=O) groups is 1. The molecule has 1 aromatic rings. The molecule has 1 aliphatic rings. The lowest BCUT2D eigenvalue weighted by Crippen LogP contribution is -2.52. The molecule has 1 aliphatic carbocycles. The third-order valence-corrected chi connectivity index (χ3v) is 3.68. The van der Waals surface area contributed by atoms with Gasteiger partial charge in [0, 0.05) is 5.54 Å². The van der Waals surface area contributed by atoms with E-state index < -0.39 is 6.04 Å². The summed E-state index contributed by atoms with van der Waals surface area (Å²) in [5.41, 5.74) is 6.95. The average Bonchev–Trinajstić information content (AvgIpc) is 3.13. The van der Waals surface area contributed by atoms with E-state index in [1.807, 2.05) is 30.3 Å². The molecule has 98 valence electrons. The monoisotopic (exact) mass is 246 g/mol. The SMILES string of the molecule is CC(C)(NC(=O)[C@@H](N)Cc1ccccc1)C1CC1. The van der Waals surface area contributed by atoms with Crippen molar-refractivity contribution in [2.75, 3.05) is 0 Å². The molecule has 1 aromatic carbocycles. The third-order valence-electron chi connectivity index (χ3n) is 3.68. The highest BCUT2D eigenvalue weighted by atomic mass is 16.2. The van der Waals surface area contributed by atoms with E-state index in [0.717, 1.165) is 5.56 Å². The molecule has 1 fully saturated rings. The summed E-state index contributed by atoms with van der Waals surface area (Å²) in [5, 5.41) is 3.07. The molecule has 3 nitrogen and oxygen atoms in total. The van der Waals surface area contributed by atoms with E-state index in [1.54, 1.807) is 0 Å². The molecule has 1 amide bonds. The van der Waals surface area contributed by atoms with Gasteiger partial charge in [0.15, 0.2) is 0 Å². The Morgan fingerprint density at radius 2 is 2.00 bits per heavy atom. The van der Waals surface area contributed by atoms with Crippen LogP contribution in [0, 0.1) is 5.92 Å². The predicted molar refractivity (Wildman–Crippen MR) is 73.1 cm³/mol. The molecule has 3 N–H and O–H groups in total. The number of nitrogens with one attached hydrogen (secondary N) is 1. The third kappa shape index (κ3) is 3.33. The minimum Gasteiger partial charge on any atom is -0.350 e. The first kappa shape index (κ1) is 13.1. The van der Waals surface area contributed by atoms with Crippen LogP contribution >= 0.6 is 0 Å². The predicted octanol–water partition coefficient (Wildman–Crippen LogP) is 1.86. The maximum atomic E-state index is 12.1. The molecule has 1 atom stereocenters. The smallest absolute Gasteiger partial charge is 0.237 e. The molecule has 1 saturated carbocycles. The van der Waals surface area contributed by atoms with Gasteiger partial charge in [0.1, 0.15) is 0 Å². The van der Waals surface area contributed by atoms with Crippen molar-refractivity contribution in [1.82, 2.24) is 5.32 Å². The summed E-state index contributed by atoms with van der Waals surface area (Å²) < 4.78 is 0. The lowest BCUT2D eigenvalue weighted by atomic mass is 9.97. The lowest BCUT2D eigenvalue weighted by molar-refractivity contribution is -0.124. The maximum Gasteiger partial charge on any atom is 0.237 e. The summed E-state index contributed by atoms with van der Waals surface area (Å²) in [6.07, 6.45) is 3.01. The average molecular weight is 246 g/mol. The summed E-state index contributed by atoms with van der Waals surface area (Å²) in [6.45, 7) is 4.16. The van der Waals surface area contributed by atoms with E-state index in [2.05, 4.69) is 19.2 Å². The van der Waals surface area contributed by atoms with Crippen LogP contribution in [0.2, 0.25) is 0 Å². The Kier molecular flexibility index (Phi) is 3.71.